The zero-order valence-corrected chi connectivity index (χ0v) is 12.5. The van der Waals surface area contributed by atoms with Crippen molar-refractivity contribution in [3.63, 3.8) is 0 Å². The first-order valence-electron chi connectivity index (χ1n) is 7.14. The van der Waals surface area contributed by atoms with Crippen LogP contribution in [0, 0.1) is 5.92 Å². The summed E-state index contributed by atoms with van der Waals surface area (Å²) in [5.74, 6) is 0.296. The van der Waals surface area contributed by atoms with Crippen molar-refractivity contribution in [1.29, 1.82) is 0 Å². The Morgan fingerprint density at radius 1 is 1.26 bits per heavy atom. The number of nitrogens with one attached hydrogen (secondary N) is 2. The van der Waals surface area contributed by atoms with E-state index in [1.165, 1.54) is 17.7 Å². The molecule has 0 aromatic carbocycles. The van der Waals surface area contributed by atoms with Crippen molar-refractivity contribution in [2.45, 2.75) is 51.6 Å². The highest BCUT2D eigenvalue weighted by Gasteiger charge is 2.24. The fourth-order valence-corrected chi connectivity index (χ4v) is 1.95. The SMILES string of the molecule is CC(C)CC(NC(=O)CCNC1CC1)C(=O)N(C)C. The predicted molar refractivity (Wildman–Crippen MR) is 75.7 cm³/mol. The Hall–Kier alpha value is -1.10. The molecule has 0 aromatic heterocycles. The molecule has 0 aromatic rings. The lowest BCUT2D eigenvalue weighted by Crippen LogP contribution is -2.47. The second kappa shape index (κ2) is 7.48. The van der Waals surface area contributed by atoms with Crippen molar-refractivity contribution >= 4 is 11.8 Å². The van der Waals surface area contributed by atoms with Crippen molar-refractivity contribution in [2.24, 2.45) is 5.92 Å². The van der Waals surface area contributed by atoms with Crippen LogP contribution in [0.3, 0.4) is 0 Å². The summed E-state index contributed by atoms with van der Waals surface area (Å²) in [4.78, 5) is 25.4. The van der Waals surface area contributed by atoms with Crippen molar-refractivity contribution in [1.82, 2.24) is 15.5 Å². The third-order valence-electron chi connectivity index (χ3n) is 3.14. The van der Waals surface area contributed by atoms with E-state index in [2.05, 4.69) is 24.5 Å². The first kappa shape index (κ1) is 16.0. The van der Waals surface area contributed by atoms with Gasteiger partial charge in [-0.3, -0.25) is 9.59 Å². The molecule has 0 heterocycles. The van der Waals surface area contributed by atoms with Gasteiger partial charge in [0.05, 0.1) is 0 Å². The van der Waals surface area contributed by atoms with Crippen molar-refractivity contribution < 1.29 is 9.59 Å². The summed E-state index contributed by atoms with van der Waals surface area (Å²) in [5.41, 5.74) is 0. The zero-order chi connectivity index (χ0) is 14.4. The first-order chi connectivity index (χ1) is 8.90. The van der Waals surface area contributed by atoms with E-state index in [9.17, 15) is 9.59 Å². The maximum atomic E-state index is 12.0. The smallest absolute Gasteiger partial charge is 0.244 e. The van der Waals surface area contributed by atoms with Gasteiger partial charge in [0.15, 0.2) is 0 Å². The summed E-state index contributed by atoms with van der Waals surface area (Å²) in [6, 6.07) is 0.214. The molecule has 1 saturated carbocycles. The minimum atomic E-state index is -0.400. The normalized spacial score (nSPS) is 16.3. The molecule has 0 aliphatic heterocycles. The topological polar surface area (TPSA) is 61.4 Å². The minimum Gasteiger partial charge on any atom is -0.347 e. The molecule has 1 atom stereocenters. The van der Waals surface area contributed by atoms with Crippen LogP contribution in [0.25, 0.3) is 0 Å². The molecule has 5 nitrogen and oxygen atoms in total. The van der Waals surface area contributed by atoms with E-state index >= 15 is 0 Å². The zero-order valence-electron chi connectivity index (χ0n) is 12.5. The summed E-state index contributed by atoms with van der Waals surface area (Å²) in [5, 5.41) is 6.15. The molecule has 0 radical (unpaired) electrons. The molecule has 110 valence electrons. The molecular weight excluding hydrogens is 242 g/mol. The van der Waals surface area contributed by atoms with Crippen LogP contribution < -0.4 is 10.6 Å². The van der Waals surface area contributed by atoms with Gasteiger partial charge in [-0.25, -0.2) is 0 Å². The van der Waals surface area contributed by atoms with Gasteiger partial charge in [-0.05, 0) is 25.2 Å². The predicted octanol–water partition coefficient (Wildman–Crippen LogP) is 0.748. The van der Waals surface area contributed by atoms with Crippen LogP contribution in [0.2, 0.25) is 0 Å². The lowest BCUT2D eigenvalue weighted by atomic mass is 10.0. The Balaban J connectivity index is 2.36. The Kier molecular flexibility index (Phi) is 6.28. The van der Waals surface area contributed by atoms with Crippen molar-refractivity contribution in [3.05, 3.63) is 0 Å². The van der Waals surface area contributed by atoms with E-state index in [4.69, 9.17) is 0 Å². The molecule has 1 fully saturated rings. The molecule has 19 heavy (non-hydrogen) atoms. The van der Waals surface area contributed by atoms with Crippen LogP contribution in [-0.4, -0.2) is 49.4 Å². The maximum absolute atomic E-state index is 12.0. The van der Waals surface area contributed by atoms with Gasteiger partial charge < -0.3 is 15.5 Å². The highest BCUT2D eigenvalue weighted by Crippen LogP contribution is 2.18. The molecule has 2 N–H and O–H groups in total. The number of nitrogens with zero attached hydrogens (tertiary/aromatic N) is 1. The molecule has 1 rings (SSSR count). The number of rotatable bonds is 8. The number of hydrogen-bond acceptors (Lipinski definition) is 3. The molecule has 1 aliphatic carbocycles. The lowest BCUT2D eigenvalue weighted by molar-refractivity contribution is -0.134. The lowest BCUT2D eigenvalue weighted by Gasteiger charge is -2.23. The van der Waals surface area contributed by atoms with Gasteiger partial charge >= 0.3 is 0 Å². The minimum absolute atomic E-state index is 0.0304. The van der Waals surface area contributed by atoms with Gasteiger partial charge in [-0.15, -0.1) is 0 Å². The van der Waals surface area contributed by atoms with E-state index in [0.717, 1.165) is 0 Å². The standard InChI is InChI=1S/C14H27N3O2/c1-10(2)9-12(14(19)17(3)4)16-13(18)7-8-15-11-5-6-11/h10-12,15H,5-9H2,1-4H3,(H,16,18). The highest BCUT2D eigenvalue weighted by atomic mass is 16.2. The van der Waals surface area contributed by atoms with Crippen LogP contribution in [0.4, 0.5) is 0 Å². The van der Waals surface area contributed by atoms with E-state index in [-0.39, 0.29) is 11.8 Å². The summed E-state index contributed by atoms with van der Waals surface area (Å²) >= 11 is 0. The van der Waals surface area contributed by atoms with Crippen LogP contribution in [0.5, 0.6) is 0 Å². The van der Waals surface area contributed by atoms with Crippen LogP contribution in [0.1, 0.15) is 39.5 Å². The molecule has 0 spiro atoms. The highest BCUT2D eigenvalue weighted by molar-refractivity contribution is 5.87. The molecule has 1 unspecified atom stereocenters. The van der Waals surface area contributed by atoms with E-state index in [0.29, 0.717) is 31.3 Å². The molecule has 0 bridgehead atoms. The monoisotopic (exact) mass is 269 g/mol. The van der Waals surface area contributed by atoms with Crippen LogP contribution >= 0.6 is 0 Å². The molecular formula is C14H27N3O2. The number of amides is 2. The summed E-state index contributed by atoms with van der Waals surface area (Å²) in [6.45, 7) is 4.80. The second-order valence-electron chi connectivity index (χ2n) is 5.96. The molecule has 2 amide bonds. The van der Waals surface area contributed by atoms with E-state index in [1.54, 1.807) is 14.1 Å². The van der Waals surface area contributed by atoms with Gasteiger partial charge in [-0.1, -0.05) is 13.8 Å². The second-order valence-corrected chi connectivity index (χ2v) is 5.96. The van der Waals surface area contributed by atoms with Gasteiger partial charge in [0.25, 0.3) is 0 Å². The largest absolute Gasteiger partial charge is 0.347 e. The summed E-state index contributed by atoms with van der Waals surface area (Å²) in [6.07, 6.45) is 3.55. The number of likely N-dealkylation sites (N-methyl/N-ethyl adjacent to an activating group) is 1. The average molecular weight is 269 g/mol. The van der Waals surface area contributed by atoms with E-state index < -0.39 is 6.04 Å². The van der Waals surface area contributed by atoms with Crippen molar-refractivity contribution in [3.8, 4) is 0 Å². The fourth-order valence-electron chi connectivity index (χ4n) is 1.95. The Morgan fingerprint density at radius 2 is 1.89 bits per heavy atom. The fraction of sp³-hybridized carbons (Fsp3) is 0.857. The number of hydrogen-bond donors (Lipinski definition) is 2. The summed E-state index contributed by atoms with van der Waals surface area (Å²) in [7, 11) is 3.44. The number of carbonyl (C=O) groups excluding carboxylic acids is 2. The maximum Gasteiger partial charge on any atom is 0.244 e. The Morgan fingerprint density at radius 3 is 2.37 bits per heavy atom. The van der Waals surface area contributed by atoms with Crippen molar-refractivity contribution in [2.75, 3.05) is 20.6 Å². The third-order valence-corrected chi connectivity index (χ3v) is 3.14. The van der Waals surface area contributed by atoms with Crippen LogP contribution in [0.15, 0.2) is 0 Å². The quantitative estimate of drug-likeness (QED) is 0.683. The average Bonchev–Trinajstić information content (AvgIpc) is 3.10. The van der Waals surface area contributed by atoms with Gasteiger partial charge in [0.2, 0.25) is 11.8 Å². The van der Waals surface area contributed by atoms with Crippen LogP contribution in [-0.2, 0) is 9.59 Å². The molecule has 5 heteroatoms. The van der Waals surface area contributed by atoms with Gasteiger partial charge in [0.1, 0.15) is 6.04 Å². The molecule has 0 saturated heterocycles. The first-order valence-corrected chi connectivity index (χ1v) is 7.14. The van der Waals surface area contributed by atoms with Gasteiger partial charge in [0, 0.05) is 33.1 Å². The Bertz CT molecular complexity index is 312. The molecule has 1 aliphatic rings. The van der Waals surface area contributed by atoms with Gasteiger partial charge in [-0.2, -0.15) is 0 Å². The number of carbonyl (C=O) groups is 2. The Labute approximate surface area is 116 Å². The summed E-state index contributed by atoms with van der Waals surface area (Å²) < 4.78 is 0. The van der Waals surface area contributed by atoms with E-state index in [1.807, 2.05) is 0 Å². The third kappa shape index (κ3) is 6.57.